The number of nitrogens with zero attached hydrogens (tertiary/aromatic N) is 1. The van der Waals surface area contributed by atoms with Crippen molar-refractivity contribution in [1.29, 1.82) is 0 Å². The van der Waals surface area contributed by atoms with Gasteiger partial charge in [0.15, 0.2) is 0 Å². The van der Waals surface area contributed by atoms with E-state index < -0.39 is 0 Å². The Kier molecular flexibility index (Phi) is 4.55. The molecule has 3 saturated carbocycles. The van der Waals surface area contributed by atoms with Crippen LogP contribution in [0.1, 0.15) is 67.5 Å². The maximum Gasteiger partial charge on any atom is 0.299 e. The minimum atomic E-state index is -0.246. The number of terminal acetylenes is 1. The minimum Gasteiger partial charge on any atom is -0.356 e. The average Bonchev–Trinajstić information content (AvgIpc) is 3.16. The number of carbonyl (C=O) groups excluding carboxylic acids is 1. The first kappa shape index (κ1) is 21.3. The molecule has 178 valence electrons. The number of fused-ring (bicyclic) bond motifs is 4. The quantitative estimate of drug-likeness (QED) is 0.514. The van der Waals surface area contributed by atoms with Crippen LogP contribution < -0.4 is 5.32 Å². The van der Waals surface area contributed by atoms with E-state index in [9.17, 15) is 4.79 Å². The van der Waals surface area contributed by atoms with Gasteiger partial charge >= 0.3 is 0 Å². The standard InChI is InChI=1S/C31H33N3O/c1-3-27(35)34-13-12-25-24-6-4-5-7-26(24)33-28(25)29(34)23-10-8-21(9-11-23)18-32-31-17-22-14-20(2)15-30(31,16-22)19-31/h1,4-11,20,22,29,32-33H,12-19H2,2H3. The van der Waals surface area contributed by atoms with Crippen LogP contribution in [0.3, 0.4) is 0 Å². The molecule has 5 unspecified atom stereocenters. The number of hydrogen-bond donors (Lipinski definition) is 2. The Balaban J connectivity index is 1.15. The monoisotopic (exact) mass is 463 g/mol. The summed E-state index contributed by atoms with van der Waals surface area (Å²) in [5.41, 5.74) is 6.90. The van der Waals surface area contributed by atoms with Gasteiger partial charge in [0.2, 0.25) is 0 Å². The molecule has 4 heteroatoms. The van der Waals surface area contributed by atoms with Crippen molar-refractivity contribution in [3.05, 3.63) is 70.9 Å². The Morgan fingerprint density at radius 2 is 2.00 bits per heavy atom. The van der Waals surface area contributed by atoms with Crippen LogP contribution in [0.5, 0.6) is 0 Å². The SMILES string of the molecule is C#CC(=O)N1CCc2c([nH]c3ccccc23)C1c1ccc(CNC23CC4CC(C)CC2(C4)C3)cc1. The summed E-state index contributed by atoms with van der Waals surface area (Å²) in [6.07, 6.45) is 13.4. The molecule has 2 N–H and O–H groups in total. The fourth-order valence-electron chi connectivity index (χ4n) is 8.34. The van der Waals surface area contributed by atoms with Gasteiger partial charge in [0, 0.05) is 35.2 Å². The second-order valence-corrected chi connectivity index (χ2v) is 11.8. The summed E-state index contributed by atoms with van der Waals surface area (Å²) in [5.74, 6) is 3.93. The summed E-state index contributed by atoms with van der Waals surface area (Å²) in [6, 6.07) is 17.1. The number of aromatic nitrogens is 1. The normalized spacial score (nSPS) is 32.7. The van der Waals surface area contributed by atoms with Crippen molar-refractivity contribution in [2.75, 3.05) is 6.54 Å². The number of rotatable bonds is 4. The smallest absolute Gasteiger partial charge is 0.299 e. The molecule has 1 amide bonds. The summed E-state index contributed by atoms with van der Waals surface area (Å²) in [5, 5.41) is 5.25. The van der Waals surface area contributed by atoms with Crippen molar-refractivity contribution < 1.29 is 4.79 Å². The predicted molar refractivity (Wildman–Crippen MR) is 139 cm³/mol. The number of amides is 1. The van der Waals surface area contributed by atoms with E-state index in [0.29, 0.717) is 17.5 Å². The molecular formula is C31H33N3O. The number of H-pyrrole nitrogens is 1. The largest absolute Gasteiger partial charge is 0.356 e. The highest BCUT2D eigenvalue weighted by atomic mass is 16.2. The summed E-state index contributed by atoms with van der Waals surface area (Å²) in [6.45, 7) is 3.99. The molecular weight excluding hydrogens is 430 g/mol. The maximum absolute atomic E-state index is 12.7. The van der Waals surface area contributed by atoms with Gasteiger partial charge in [-0.3, -0.25) is 4.79 Å². The van der Waals surface area contributed by atoms with Crippen LogP contribution in [0.25, 0.3) is 10.9 Å². The lowest BCUT2D eigenvalue weighted by atomic mass is 9.77. The van der Waals surface area contributed by atoms with Crippen LogP contribution in [-0.2, 0) is 17.8 Å². The highest BCUT2D eigenvalue weighted by molar-refractivity contribution is 5.94. The Morgan fingerprint density at radius 3 is 2.83 bits per heavy atom. The molecule has 3 fully saturated rings. The van der Waals surface area contributed by atoms with Gasteiger partial charge in [0.25, 0.3) is 5.91 Å². The number of hydrogen-bond acceptors (Lipinski definition) is 2. The van der Waals surface area contributed by atoms with E-state index in [4.69, 9.17) is 6.42 Å². The topological polar surface area (TPSA) is 48.1 Å². The zero-order chi connectivity index (χ0) is 23.8. The van der Waals surface area contributed by atoms with E-state index in [1.807, 2.05) is 11.0 Å². The number of benzene rings is 2. The van der Waals surface area contributed by atoms with Crippen LogP contribution in [0, 0.1) is 29.6 Å². The molecule has 1 spiro atoms. The van der Waals surface area contributed by atoms with E-state index >= 15 is 0 Å². The molecule has 0 radical (unpaired) electrons. The summed E-state index contributed by atoms with van der Waals surface area (Å²) >= 11 is 0. The van der Waals surface area contributed by atoms with Gasteiger partial charge in [-0.05, 0) is 84.5 Å². The molecule has 2 heterocycles. The molecule has 2 aromatic carbocycles. The van der Waals surface area contributed by atoms with E-state index in [0.717, 1.165) is 41.6 Å². The Bertz CT molecular complexity index is 1360. The molecule has 5 atom stereocenters. The lowest BCUT2D eigenvalue weighted by molar-refractivity contribution is -0.127. The van der Waals surface area contributed by atoms with Crippen LogP contribution >= 0.6 is 0 Å². The molecule has 4 aliphatic rings. The number of nitrogens with one attached hydrogen (secondary N) is 2. The Labute approximate surface area is 207 Å². The number of carbonyl (C=O) groups is 1. The third-order valence-corrected chi connectivity index (χ3v) is 9.67. The molecule has 35 heavy (non-hydrogen) atoms. The molecule has 1 aromatic heterocycles. The Morgan fingerprint density at radius 1 is 1.17 bits per heavy atom. The van der Waals surface area contributed by atoms with Crippen molar-refractivity contribution in [1.82, 2.24) is 15.2 Å². The summed E-state index contributed by atoms with van der Waals surface area (Å²) < 4.78 is 0. The second kappa shape index (κ2) is 7.48. The van der Waals surface area contributed by atoms with Crippen molar-refractivity contribution in [3.8, 4) is 12.3 Å². The van der Waals surface area contributed by atoms with Crippen LogP contribution in [0.4, 0.5) is 0 Å². The van der Waals surface area contributed by atoms with Gasteiger partial charge in [-0.2, -0.15) is 0 Å². The first-order valence-electron chi connectivity index (χ1n) is 13.2. The number of para-hydroxylation sites is 1. The van der Waals surface area contributed by atoms with Gasteiger partial charge in [-0.15, -0.1) is 6.42 Å². The highest BCUT2D eigenvalue weighted by Gasteiger charge is 2.72. The molecule has 3 aromatic rings. The highest BCUT2D eigenvalue weighted by Crippen LogP contribution is 2.74. The first-order valence-corrected chi connectivity index (χ1v) is 13.2. The van der Waals surface area contributed by atoms with Gasteiger partial charge in [0.05, 0.1) is 6.04 Å². The fourth-order valence-corrected chi connectivity index (χ4v) is 8.34. The summed E-state index contributed by atoms with van der Waals surface area (Å²) in [4.78, 5) is 18.2. The van der Waals surface area contributed by atoms with Crippen molar-refractivity contribution in [2.24, 2.45) is 17.3 Å². The van der Waals surface area contributed by atoms with E-state index in [1.165, 1.54) is 48.6 Å². The molecule has 7 rings (SSSR count). The fraction of sp³-hybridized carbons (Fsp3) is 0.452. The third-order valence-electron chi connectivity index (χ3n) is 9.67. The lowest BCUT2D eigenvalue weighted by Gasteiger charge is -2.35. The van der Waals surface area contributed by atoms with E-state index in [2.05, 4.69) is 65.6 Å². The lowest BCUT2D eigenvalue weighted by Crippen LogP contribution is -2.40. The van der Waals surface area contributed by atoms with Gasteiger partial charge in [-0.1, -0.05) is 49.4 Å². The van der Waals surface area contributed by atoms with Crippen LogP contribution in [0.2, 0.25) is 0 Å². The molecule has 3 aliphatic carbocycles. The zero-order valence-corrected chi connectivity index (χ0v) is 20.4. The average molecular weight is 464 g/mol. The van der Waals surface area contributed by atoms with Crippen molar-refractivity contribution in [3.63, 3.8) is 0 Å². The molecule has 1 aliphatic heterocycles. The van der Waals surface area contributed by atoms with Crippen molar-refractivity contribution in [2.45, 2.75) is 63.6 Å². The predicted octanol–water partition coefficient (Wildman–Crippen LogP) is 5.33. The zero-order valence-electron chi connectivity index (χ0n) is 20.4. The first-order chi connectivity index (χ1) is 17.0. The minimum absolute atomic E-state index is 0.183. The van der Waals surface area contributed by atoms with Crippen molar-refractivity contribution >= 4 is 16.8 Å². The summed E-state index contributed by atoms with van der Waals surface area (Å²) in [7, 11) is 0. The second-order valence-electron chi connectivity index (χ2n) is 11.8. The molecule has 4 nitrogen and oxygen atoms in total. The Hall–Kier alpha value is -3.03. The van der Waals surface area contributed by atoms with Gasteiger partial charge in [0.1, 0.15) is 0 Å². The number of aromatic amines is 1. The van der Waals surface area contributed by atoms with Crippen LogP contribution in [0.15, 0.2) is 48.5 Å². The molecule has 2 bridgehead atoms. The van der Waals surface area contributed by atoms with E-state index in [-0.39, 0.29) is 11.9 Å². The molecule has 0 saturated heterocycles. The van der Waals surface area contributed by atoms with E-state index in [1.54, 1.807) is 0 Å². The third kappa shape index (κ3) is 3.14. The van der Waals surface area contributed by atoms with Gasteiger partial charge in [-0.25, -0.2) is 0 Å². The van der Waals surface area contributed by atoms with Crippen LogP contribution in [-0.4, -0.2) is 27.9 Å². The van der Waals surface area contributed by atoms with Gasteiger partial charge < -0.3 is 15.2 Å². The maximum atomic E-state index is 12.7.